The normalized spacial score (nSPS) is 12.6. The summed E-state index contributed by atoms with van der Waals surface area (Å²) in [7, 11) is 1.66. The molecule has 8 heteroatoms. The van der Waals surface area contributed by atoms with Crippen LogP contribution in [-0.2, 0) is 11.3 Å². The van der Waals surface area contributed by atoms with Crippen LogP contribution < -0.4 is 4.90 Å². The third kappa shape index (κ3) is 2.87. The number of fused-ring (bicyclic) bond motifs is 2. The Balaban J connectivity index is 1.73. The number of aromatic nitrogens is 4. The lowest BCUT2D eigenvalue weighted by molar-refractivity contribution is 0.111. The second kappa shape index (κ2) is 6.89. The highest BCUT2D eigenvalue weighted by atomic mass is 32.2. The minimum absolute atomic E-state index is 0.375. The average Bonchev–Trinajstić information content (AvgIpc) is 3.01. The summed E-state index contributed by atoms with van der Waals surface area (Å²) in [6.07, 6.45) is 6.96. The molecule has 0 spiro atoms. The van der Waals surface area contributed by atoms with E-state index in [1.54, 1.807) is 31.3 Å². The monoisotopic (exact) mass is 366 g/mol. The second-order valence-corrected chi connectivity index (χ2v) is 6.84. The minimum Gasteiger partial charge on any atom is -0.364 e. The van der Waals surface area contributed by atoms with Crippen molar-refractivity contribution in [1.29, 1.82) is 0 Å². The number of carbonyl (C=O) groups is 1. The van der Waals surface area contributed by atoms with Crippen molar-refractivity contribution >= 4 is 29.6 Å². The highest BCUT2D eigenvalue weighted by Gasteiger charge is 2.25. The van der Waals surface area contributed by atoms with Gasteiger partial charge in [-0.15, -0.1) is 0 Å². The summed E-state index contributed by atoms with van der Waals surface area (Å²) < 4.78 is 7.23. The Morgan fingerprint density at radius 1 is 1.31 bits per heavy atom. The van der Waals surface area contributed by atoms with E-state index in [-0.39, 0.29) is 0 Å². The van der Waals surface area contributed by atoms with Gasteiger partial charge in [0.2, 0.25) is 0 Å². The Bertz CT molecular complexity index is 972. The molecule has 1 aliphatic heterocycles. The molecule has 0 aliphatic carbocycles. The molecule has 131 valence electrons. The van der Waals surface area contributed by atoms with Crippen LogP contribution in [0.3, 0.4) is 0 Å². The molecule has 0 fully saturated rings. The van der Waals surface area contributed by atoms with Gasteiger partial charge in [-0.1, -0.05) is 17.8 Å². The van der Waals surface area contributed by atoms with E-state index in [0.717, 1.165) is 39.0 Å². The molecular weight excluding hydrogens is 350 g/mol. The summed E-state index contributed by atoms with van der Waals surface area (Å²) in [6.45, 7) is 2.81. The minimum atomic E-state index is 0.375. The van der Waals surface area contributed by atoms with Crippen LogP contribution in [0.1, 0.15) is 21.9 Å². The van der Waals surface area contributed by atoms with Crippen molar-refractivity contribution in [1.82, 2.24) is 19.5 Å². The maximum absolute atomic E-state index is 11.2. The molecule has 7 nitrogen and oxygen atoms in total. The fourth-order valence-electron chi connectivity index (χ4n) is 2.91. The topological polar surface area (TPSA) is 73.1 Å². The van der Waals surface area contributed by atoms with Crippen LogP contribution in [0.2, 0.25) is 0 Å². The number of aldehydes is 1. The lowest BCUT2D eigenvalue weighted by Gasteiger charge is -2.30. The standard InChI is InChI=1S/C18H16N5O2S/c1-12-8-21-16(10-24)22(12)9-13-3-4-15-14(7-13)23(11-25-2)17-18(26-15)20-6-5-19-17/h3-7,10H,9,11H2,1-2H3. The van der Waals surface area contributed by atoms with Crippen molar-refractivity contribution in [2.24, 2.45) is 0 Å². The molecule has 1 aromatic carbocycles. The Morgan fingerprint density at radius 3 is 2.96 bits per heavy atom. The molecule has 0 unspecified atom stereocenters. The summed E-state index contributed by atoms with van der Waals surface area (Å²) in [4.78, 5) is 27.2. The van der Waals surface area contributed by atoms with Gasteiger partial charge < -0.3 is 9.30 Å². The number of benzene rings is 1. The van der Waals surface area contributed by atoms with Crippen LogP contribution in [0.5, 0.6) is 0 Å². The van der Waals surface area contributed by atoms with Gasteiger partial charge in [-0.3, -0.25) is 9.69 Å². The van der Waals surface area contributed by atoms with E-state index in [1.807, 2.05) is 22.5 Å². The number of ether oxygens (including phenoxy) is 1. The third-order valence-corrected chi connectivity index (χ3v) is 5.19. The Labute approximate surface area is 155 Å². The van der Waals surface area contributed by atoms with Crippen molar-refractivity contribution in [3.05, 3.63) is 53.9 Å². The molecule has 0 saturated heterocycles. The molecule has 1 aliphatic rings. The molecule has 1 radical (unpaired) electrons. The van der Waals surface area contributed by atoms with Gasteiger partial charge in [-0.25, -0.2) is 15.0 Å². The molecule has 4 rings (SSSR count). The van der Waals surface area contributed by atoms with Crippen molar-refractivity contribution in [2.45, 2.75) is 23.4 Å². The first-order valence-electron chi connectivity index (χ1n) is 7.99. The largest absolute Gasteiger partial charge is 0.364 e. The smallest absolute Gasteiger partial charge is 0.185 e. The summed E-state index contributed by atoms with van der Waals surface area (Å²) in [5.41, 5.74) is 2.89. The maximum atomic E-state index is 11.2. The van der Waals surface area contributed by atoms with Gasteiger partial charge in [0.1, 0.15) is 18.0 Å². The summed E-state index contributed by atoms with van der Waals surface area (Å²) >= 11 is 1.59. The number of anilines is 2. The van der Waals surface area contributed by atoms with E-state index in [0.29, 0.717) is 19.1 Å². The molecule has 2 aromatic heterocycles. The van der Waals surface area contributed by atoms with Crippen LogP contribution in [0, 0.1) is 13.1 Å². The lowest BCUT2D eigenvalue weighted by atomic mass is 10.1. The predicted octanol–water partition coefficient (Wildman–Crippen LogP) is 2.85. The van der Waals surface area contributed by atoms with Crippen molar-refractivity contribution in [3.8, 4) is 0 Å². The van der Waals surface area contributed by atoms with Crippen molar-refractivity contribution < 1.29 is 9.53 Å². The number of methoxy groups -OCH3 is 1. The number of hydrogen-bond donors (Lipinski definition) is 0. The zero-order valence-corrected chi connectivity index (χ0v) is 15.2. The van der Waals surface area contributed by atoms with Crippen LogP contribution in [0.25, 0.3) is 0 Å². The van der Waals surface area contributed by atoms with Crippen LogP contribution in [0.15, 0.2) is 40.5 Å². The van der Waals surface area contributed by atoms with Gasteiger partial charge in [0.25, 0.3) is 0 Å². The highest BCUT2D eigenvalue weighted by molar-refractivity contribution is 7.99. The van der Waals surface area contributed by atoms with Crippen LogP contribution in [0.4, 0.5) is 11.5 Å². The van der Waals surface area contributed by atoms with Crippen molar-refractivity contribution in [2.75, 3.05) is 18.7 Å². The van der Waals surface area contributed by atoms with Gasteiger partial charge in [-0.05, 0) is 24.6 Å². The van der Waals surface area contributed by atoms with Crippen LogP contribution in [-0.4, -0.2) is 39.6 Å². The number of rotatable bonds is 5. The third-order valence-electron chi connectivity index (χ3n) is 4.14. The highest BCUT2D eigenvalue weighted by Crippen LogP contribution is 2.46. The van der Waals surface area contributed by atoms with Gasteiger partial charge in [0, 0.05) is 36.6 Å². The van der Waals surface area contributed by atoms with E-state index in [2.05, 4.69) is 33.3 Å². The number of hydrogen-bond acceptors (Lipinski definition) is 7. The first-order chi connectivity index (χ1) is 12.7. The number of carbonyl (C=O) groups excluding carboxylic acids is 1. The molecule has 0 atom stereocenters. The average molecular weight is 366 g/mol. The molecular formula is C18H16N5O2S. The summed E-state index contributed by atoms with van der Waals surface area (Å²) in [6, 6.07) is 6.20. The van der Waals surface area contributed by atoms with E-state index >= 15 is 0 Å². The van der Waals surface area contributed by atoms with Gasteiger partial charge in [0.05, 0.1) is 5.69 Å². The van der Waals surface area contributed by atoms with Crippen LogP contribution >= 0.6 is 11.8 Å². The molecule has 3 aromatic rings. The predicted molar refractivity (Wildman–Crippen MR) is 96.9 cm³/mol. The molecule has 0 bridgehead atoms. The van der Waals surface area contributed by atoms with E-state index in [4.69, 9.17) is 4.74 Å². The Morgan fingerprint density at radius 2 is 2.15 bits per heavy atom. The number of aryl methyl sites for hydroxylation is 1. The SMILES string of the molecule is COCN1c2cc(Cn3c(C)[c]nc3C=O)ccc2Sc2nccnc21. The zero-order chi connectivity index (χ0) is 18.1. The fourth-order valence-corrected chi connectivity index (χ4v) is 3.90. The molecule has 0 saturated carbocycles. The number of nitrogens with zero attached hydrogens (tertiary/aromatic N) is 5. The van der Waals surface area contributed by atoms with E-state index < -0.39 is 0 Å². The molecule has 0 amide bonds. The number of imidazole rings is 1. The second-order valence-electron chi connectivity index (χ2n) is 5.81. The molecule has 26 heavy (non-hydrogen) atoms. The molecule has 3 heterocycles. The first kappa shape index (κ1) is 16.7. The first-order valence-corrected chi connectivity index (χ1v) is 8.81. The summed E-state index contributed by atoms with van der Waals surface area (Å²) in [5.74, 6) is 1.16. The maximum Gasteiger partial charge on any atom is 0.185 e. The van der Waals surface area contributed by atoms with Gasteiger partial charge in [-0.2, -0.15) is 0 Å². The quantitative estimate of drug-likeness (QED) is 0.643. The van der Waals surface area contributed by atoms with Gasteiger partial charge in [0.15, 0.2) is 17.9 Å². The fraction of sp³-hybridized carbons (Fsp3) is 0.222. The van der Waals surface area contributed by atoms with Crippen molar-refractivity contribution in [3.63, 3.8) is 0 Å². The Kier molecular flexibility index (Phi) is 4.44. The molecule has 0 N–H and O–H groups in total. The van der Waals surface area contributed by atoms with E-state index in [1.165, 1.54) is 0 Å². The zero-order valence-electron chi connectivity index (χ0n) is 14.3. The summed E-state index contributed by atoms with van der Waals surface area (Å²) in [5, 5.41) is 0.855. The van der Waals surface area contributed by atoms with E-state index in [9.17, 15) is 4.79 Å². The Hall–Kier alpha value is -2.71. The van der Waals surface area contributed by atoms with Gasteiger partial charge >= 0.3 is 0 Å². The lowest BCUT2D eigenvalue weighted by Crippen LogP contribution is -2.24.